The summed E-state index contributed by atoms with van der Waals surface area (Å²) in [6, 6.07) is 0. The van der Waals surface area contributed by atoms with Crippen molar-refractivity contribution in [1.29, 1.82) is 0 Å². The first-order chi connectivity index (χ1) is 6.98. The largest absolute Gasteiger partial charge is 0.300 e. The van der Waals surface area contributed by atoms with Crippen molar-refractivity contribution in [1.82, 2.24) is 0 Å². The van der Waals surface area contributed by atoms with E-state index in [1.54, 1.807) is 6.92 Å². The molecule has 0 aliphatic rings. The van der Waals surface area contributed by atoms with Gasteiger partial charge in [-0.3, -0.25) is 0 Å². The van der Waals surface area contributed by atoms with Gasteiger partial charge in [-0.2, -0.15) is 0 Å². The zero-order chi connectivity index (χ0) is 11.7. The van der Waals surface area contributed by atoms with E-state index < -0.39 is 0 Å². The summed E-state index contributed by atoms with van der Waals surface area (Å²) in [7, 11) is 0. The minimum Gasteiger partial charge on any atom is -0.300 e. The summed E-state index contributed by atoms with van der Waals surface area (Å²) in [5.74, 6) is 0.325. The van der Waals surface area contributed by atoms with Gasteiger partial charge in [0.1, 0.15) is 5.78 Å². The Morgan fingerprint density at radius 2 is 1.53 bits per heavy atom. The lowest BCUT2D eigenvalue weighted by molar-refractivity contribution is -0.118. The van der Waals surface area contributed by atoms with Crippen LogP contribution in [0.4, 0.5) is 0 Å². The van der Waals surface area contributed by atoms with E-state index in [4.69, 9.17) is 0 Å². The van der Waals surface area contributed by atoms with Gasteiger partial charge in [0.15, 0.2) is 0 Å². The highest BCUT2D eigenvalue weighted by molar-refractivity contribution is 5.76. The Hall–Kier alpha value is -0.330. The first kappa shape index (κ1) is 14.7. The average Bonchev–Trinajstić information content (AvgIpc) is 2.08. The molecule has 0 fully saturated rings. The van der Waals surface area contributed by atoms with E-state index in [9.17, 15) is 4.79 Å². The van der Waals surface area contributed by atoms with Gasteiger partial charge in [-0.15, -0.1) is 0 Å². The maximum Gasteiger partial charge on any atom is 0.130 e. The molecule has 0 aliphatic heterocycles. The van der Waals surface area contributed by atoms with E-state index in [0.717, 1.165) is 6.42 Å². The lowest BCUT2D eigenvalue weighted by Gasteiger charge is -2.22. The lowest BCUT2D eigenvalue weighted by Crippen LogP contribution is -2.15. The van der Waals surface area contributed by atoms with Gasteiger partial charge in [0, 0.05) is 6.42 Å². The van der Waals surface area contributed by atoms with Gasteiger partial charge in [0.2, 0.25) is 0 Å². The van der Waals surface area contributed by atoms with Crippen molar-refractivity contribution in [3.05, 3.63) is 0 Å². The molecule has 0 aromatic rings. The van der Waals surface area contributed by atoms with Crippen LogP contribution in [0.5, 0.6) is 0 Å². The molecule has 0 aliphatic carbocycles. The molecule has 0 N–H and O–H groups in total. The zero-order valence-corrected chi connectivity index (χ0v) is 11.1. The number of hydrogen-bond donors (Lipinski definition) is 0. The Morgan fingerprint density at radius 3 is 2.07 bits per heavy atom. The predicted octanol–water partition coefficient (Wildman–Crippen LogP) is 4.74. The van der Waals surface area contributed by atoms with E-state index in [1.165, 1.54) is 44.9 Å². The summed E-state index contributed by atoms with van der Waals surface area (Å²) in [5, 5.41) is 0. The van der Waals surface area contributed by atoms with Crippen molar-refractivity contribution < 1.29 is 4.79 Å². The summed E-state index contributed by atoms with van der Waals surface area (Å²) in [4.78, 5) is 11.0. The molecule has 0 saturated heterocycles. The van der Waals surface area contributed by atoms with Crippen LogP contribution in [0, 0.1) is 5.41 Å². The van der Waals surface area contributed by atoms with Gasteiger partial charge in [-0.25, -0.2) is 0 Å². The van der Waals surface area contributed by atoms with Crippen LogP contribution in [0.15, 0.2) is 0 Å². The summed E-state index contributed by atoms with van der Waals surface area (Å²) in [5.41, 5.74) is 0.219. The fourth-order valence-corrected chi connectivity index (χ4v) is 2.15. The number of unbranched alkanes of at least 4 members (excludes halogenated alkanes) is 5. The molecule has 90 valence electrons. The van der Waals surface area contributed by atoms with Crippen LogP contribution in [-0.2, 0) is 4.79 Å². The second-order valence-electron chi connectivity index (χ2n) is 5.56. The van der Waals surface area contributed by atoms with Gasteiger partial charge in [-0.05, 0) is 18.8 Å². The van der Waals surface area contributed by atoms with E-state index >= 15 is 0 Å². The number of ketones is 1. The molecule has 0 saturated carbocycles. The standard InChI is InChI=1S/C14H28O/c1-5-6-7-8-9-10-11-14(3,4)12-13(2)15/h5-12H2,1-4H3. The number of carbonyl (C=O) groups excluding carboxylic acids is 1. The minimum absolute atomic E-state index is 0.219. The summed E-state index contributed by atoms with van der Waals surface area (Å²) in [6.07, 6.45) is 9.98. The van der Waals surface area contributed by atoms with E-state index in [1.807, 2.05) is 0 Å². The fourth-order valence-electron chi connectivity index (χ4n) is 2.15. The van der Waals surface area contributed by atoms with Gasteiger partial charge < -0.3 is 4.79 Å². The normalized spacial score (nSPS) is 11.7. The molecule has 1 nitrogen and oxygen atoms in total. The Balaban J connectivity index is 3.44. The van der Waals surface area contributed by atoms with Crippen molar-refractivity contribution in [3.63, 3.8) is 0 Å². The molecule has 0 bridgehead atoms. The second-order valence-corrected chi connectivity index (χ2v) is 5.56. The first-order valence-electron chi connectivity index (χ1n) is 6.47. The van der Waals surface area contributed by atoms with Crippen molar-refractivity contribution in [3.8, 4) is 0 Å². The molecule has 15 heavy (non-hydrogen) atoms. The van der Waals surface area contributed by atoms with Crippen LogP contribution >= 0.6 is 0 Å². The maximum absolute atomic E-state index is 11.0. The van der Waals surface area contributed by atoms with Crippen LogP contribution in [0.1, 0.15) is 79.1 Å². The molecule has 0 amide bonds. The Kier molecular flexibility index (Phi) is 7.72. The van der Waals surface area contributed by atoms with Gasteiger partial charge >= 0.3 is 0 Å². The molecule has 0 rings (SSSR count). The smallest absolute Gasteiger partial charge is 0.130 e. The summed E-state index contributed by atoms with van der Waals surface area (Å²) < 4.78 is 0. The second kappa shape index (κ2) is 7.90. The lowest BCUT2D eigenvalue weighted by atomic mass is 9.82. The highest BCUT2D eigenvalue weighted by Crippen LogP contribution is 2.28. The number of hydrogen-bond acceptors (Lipinski definition) is 1. The monoisotopic (exact) mass is 212 g/mol. The third-order valence-corrected chi connectivity index (χ3v) is 2.93. The number of carbonyl (C=O) groups is 1. The third-order valence-electron chi connectivity index (χ3n) is 2.93. The van der Waals surface area contributed by atoms with Crippen molar-refractivity contribution in [2.45, 2.75) is 79.1 Å². The molecule has 0 spiro atoms. The van der Waals surface area contributed by atoms with Crippen molar-refractivity contribution >= 4 is 5.78 Å². The summed E-state index contributed by atoms with van der Waals surface area (Å²) in [6.45, 7) is 8.36. The third kappa shape index (κ3) is 9.96. The molecule has 0 heterocycles. The van der Waals surface area contributed by atoms with E-state index in [0.29, 0.717) is 5.78 Å². The first-order valence-corrected chi connectivity index (χ1v) is 6.47. The zero-order valence-electron chi connectivity index (χ0n) is 11.1. The summed E-state index contributed by atoms with van der Waals surface area (Å²) >= 11 is 0. The van der Waals surface area contributed by atoms with Crippen LogP contribution in [0.25, 0.3) is 0 Å². The Bertz CT molecular complexity index is 170. The van der Waals surface area contributed by atoms with Crippen molar-refractivity contribution in [2.75, 3.05) is 0 Å². The Labute approximate surface area is 95.6 Å². The molecule has 1 heteroatoms. The van der Waals surface area contributed by atoms with Gasteiger partial charge in [0.05, 0.1) is 0 Å². The van der Waals surface area contributed by atoms with Crippen LogP contribution < -0.4 is 0 Å². The number of Topliss-reactive ketones (excluding diaryl/α,β-unsaturated/α-hetero) is 1. The highest BCUT2D eigenvalue weighted by atomic mass is 16.1. The maximum atomic E-state index is 11.0. The van der Waals surface area contributed by atoms with E-state index in [2.05, 4.69) is 20.8 Å². The fraction of sp³-hybridized carbons (Fsp3) is 0.929. The van der Waals surface area contributed by atoms with E-state index in [-0.39, 0.29) is 5.41 Å². The minimum atomic E-state index is 0.219. The van der Waals surface area contributed by atoms with Crippen LogP contribution in [-0.4, -0.2) is 5.78 Å². The molecule has 0 radical (unpaired) electrons. The average molecular weight is 212 g/mol. The molecular weight excluding hydrogens is 184 g/mol. The molecule has 0 unspecified atom stereocenters. The predicted molar refractivity (Wildman–Crippen MR) is 67.1 cm³/mol. The Morgan fingerprint density at radius 1 is 1.00 bits per heavy atom. The van der Waals surface area contributed by atoms with Crippen molar-refractivity contribution in [2.24, 2.45) is 5.41 Å². The molecule has 0 aromatic heterocycles. The molecule has 0 aromatic carbocycles. The van der Waals surface area contributed by atoms with Gasteiger partial charge in [0.25, 0.3) is 0 Å². The van der Waals surface area contributed by atoms with Crippen LogP contribution in [0.3, 0.4) is 0 Å². The number of rotatable bonds is 9. The quantitative estimate of drug-likeness (QED) is 0.504. The van der Waals surface area contributed by atoms with Crippen LogP contribution in [0.2, 0.25) is 0 Å². The van der Waals surface area contributed by atoms with Gasteiger partial charge in [-0.1, -0.05) is 59.3 Å². The SMILES string of the molecule is CCCCCCCCC(C)(C)CC(C)=O. The molecule has 0 atom stereocenters. The highest BCUT2D eigenvalue weighted by Gasteiger charge is 2.18. The molecular formula is C14H28O. The topological polar surface area (TPSA) is 17.1 Å².